The van der Waals surface area contributed by atoms with E-state index in [1.807, 2.05) is 26.0 Å². The minimum absolute atomic E-state index is 0.181. The molecule has 2 aliphatic rings. The van der Waals surface area contributed by atoms with Crippen molar-refractivity contribution in [2.45, 2.75) is 121 Å². The van der Waals surface area contributed by atoms with Gasteiger partial charge < -0.3 is 14.2 Å². The summed E-state index contributed by atoms with van der Waals surface area (Å²) in [5, 5.41) is 0. The van der Waals surface area contributed by atoms with E-state index in [2.05, 4.69) is 12.1 Å². The predicted octanol–water partition coefficient (Wildman–Crippen LogP) is 7.01. The van der Waals surface area contributed by atoms with E-state index in [0.29, 0.717) is 31.3 Å². The summed E-state index contributed by atoms with van der Waals surface area (Å²) in [4.78, 5) is 23.6. The molecule has 2 fully saturated rings. The summed E-state index contributed by atoms with van der Waals surface area (Å²) in [6, 6.07) is 8.21. The Morgan fingerprint density at radius 2 is 1.25 bits per heavy atom. The smallest absolute Gasteiger partial charge is 0.340 e. The quantitative estimate of drug-likeness (QED) is 0.284. The molecule has 36 heavy (non-hydrogen) atoms. The Labute approximate surface area is 214 Å². The van der Waals surface area contributed by atoms with E-state index in [1.165, 1.54) is 5.56 Å². The molecule has 2 aliphatic carbocycles. The maximum atomic E-state index is 13.7. The molecule has 0 bridgehead atoms. The molecule has 1 aromatic rings. The zero-order valence-corrected chi connectivity index (χ0v) is 21.8. The van der Waals surface area contributed by atoms with Crippen molar-refractivity contribution in [3.63, 3.8) is 0 Å². The highest BCUT2D eigenvalue weighted by molar-refractivity contribution is 5.75. The molecule has 5 nitrogen and oxygen atoms in total. The summed E-state index contributed by atoms with van der Waals surface area (Å²) >= 11 is 0. The molecule has 1 aromatic carbocycles. The fourth-order valence-electron chi connectivity index (χ4n) is 5.20. The maximum Gasteiger partial charge on any atom is 0.340 e. The average Bonchev–Trinajstić information content (AvgIpc) is 2.89. The van der Waals surface area contributed by atoms with Crippen LogP contribution in [-0.4, -0.2) is 43.1 Å². The normalized spacial score (nSPS) is 26.0. The Kier molecular flexibility index (Phi) is 11.5. The second-order valence-corrected chi connectivity index (χ2v) is 10.4. The van der Waals surface area contributed by atoms with Crippen molar-refractivity contribution in [1.82, 2.24) is 0 Å². The van der Waals surface area contributed by atoms with Crippen LogP contribution in [0.25, 0.3) is 0 Å². The second-order valence-electron chi connectivity index (χ2n) is 10.4. The van der Waals surface area contributed by atoms with Crippen molar-refractivity contribution >= 4 is 11.9 Å². The van der Waals surface area contributed by atoms with Gasteiger partial charge in [-0.05, 0) is 93.7 Å². The van der Waals surface area contributed by atoms with E-state index >= 15 is 0 Å². The van der Waals surface area contributed by atoms with E-state index < -0.39 is 24.3 Å². The summed E-state index contributed by atoms with van der Waals surface area (Å²) in [7, 11) is 0. The van der Waals surface area contributed by atoms with Gasteiger partial charge in [0.1, 0.15) is 18.0 Å². The molecule has 0 radical (unpaired) electrons. The van der Waals surface area contributed by atoms with Crippen LogP contribution in [0.5, 0.6) is 5.75 Å². The first-order chi connectivity index (χ1) is 17.4. The number of hydrogen-bond acceptors (Lipinski definition) is 5. The van der Waals surface area contributed by atoms with Gasteiger partial charge in [-0.2, -0.15) is 0 Å². The number of alkyl halides is 2. The minimum Gasteiger partial charge on any atom is -0.493 e. The summed E-state index contributed by atoms with van der Waals surface area (Å²) in [6.45, 7) is 4.32. The number of esters is 2. The van der Waals surface area contributed by atoms with Crippen LogP contribution >= 0.6 is 0 Å². The highest BCUT2D eigenvalue weighted by Crippen LogP contribution is 2.35. The van der Waals surface area contributed by atoms with Crippen molar-refractivity contribution < 1.29 is 32.6 Å². The van der Waals surface area contributed by atoms with Crippen LogP contribution in [0.4, 0.5) is 8.78 Å². The fraction of sp³-hybridized carbons (Fsp3) is 0.724. The van der Waals surface area contributed by atoms with E-state index in [9.17, 15) is 18.4 Å². The van der Waals surface area contributed by atoms with Gasteiger partial charge in [-0.25, -0.2) is 18.4 Å². The lowest BCUT2D eigenvalue weighted by atomic mass is 9.82. The van der Waals surface area contributed by atoms with Gasteiger partial charge in [0.2, 0.25) is 0 Å². The Balaban J connectivity index is 1.34. The third-order valence-electron chi connectivity index (χ3n) is 7.47. The van der Waals surface area contributed by atoms with Crippen LogP contribution in [0, 0.1) is 5.92 Å². The molecular formula is C29H42F2O5. The lowest BCUT2D eigenvalue weighted by Gasteiger charge is -2.29. The first-order valence-electron chi connectivity index (χ1n) is 13.8. The minimum atomic E-state index is -1.51. The van der Waals surface area contributed by atoms with Gasteiger partial charge in [-0.15, -0.1) is 0 Å². The van der Waals surface area contributed by atoms with Crippen LogP contribution in [0.2, 0.25) is 0 Å². The second kappa shape index (κ2) is 14.5. The first kappa shape index (κ1) is 28.4. The van der Waals surface area contributed by atoms with E-state index in [1.54, 1.807) is 0 Å². The molecule has 3 rings (SSSR count). The lowest BCUT2D eigenvalue weighted by molar-refractivity contribution is -0.158. The monoisotopic (exact) mass is 508 g/mol. The maximum absolute atomic E-state index is 13.7. The Hall–Kier alpha value is -2.18. The van der Waals surface area contributed by atoms with E-state index in [0.717, 1.165) is 57.1 Å². The first-order valence-corrected chi connectivity index (χ1v) is 13.8. The largest absolute Gasteiger partial charge is 0.493 e. The molecule has 2 atom stereocenters. The third kappa shape index (κ3) is 8.74. The highest BCUT2D eigenvalue weighted by Gasteiger charge is 2.29. The molecule has 1 unspecified atom stereocenters. The number of ether oxygens (including phenoxy) is 3. The summed E-state index contributed by atoms with van der Waals surface area (Å²) in [5.41, 5.74) is 1.25. The van der Waals surface area contributed by atoms with Crippen LogP contribution in [-0.2, 0) is 19.1 Å². The SMILES string of the molecule is CCCC(F)C(=O)OC1CCC(COc2ccc(C3CCC(OC(=O)[C@H](F)CCC)CC3)cc2)CC1. The molecule has 0 N–H and O–H groups in total. The van der Waals surface area contributed by atoms with Crippen molar-refractivity contribution in [3.8, 4) is 5.75 Å². The van der Waals surface area contributed by atoms with Crippen LogP contribution in [0.15, 0.2) is 24.3 Å². The fourth-order valence-corrected chi connectivity index (χ4v) is 5.20. The van der Waals surface area contributed by atoms with Gasteiger partial charge in [-0.3, -0.25) is 0 Å². The van der Waals surface area contributed by atoms with Crippen LogP contribution in [0.3, 0.4) is 0 Å². The number of benzene rings is 1. The molecule has 0 aliphatic heterocycles. The van der Waals surface area contributed by atoms with Crippen molar-refractivity contribution in [1.29, 1.82) is 0 Å². The van der Waals surface area contributed by atoms with Gasteiger partial charge >= 0.3 is 11.9 Å². The molecule has 0 spiro atoms. The van der Waals surface area contributed by atoms with E-state index in [4.69, 9.17) is 14.2 Å². The molecule has 0 aromatic heterocycles. The Morgan fingerprint density at radius 1 is 0.778 bits per heavy atom. The standard InChI is InChI=1S/C29H42F2O5/c1-3-5-26(30)28(32)35-24-13-7-20(8-14-24)19-34-23-15-9-21(10-16-23)22-11-17-25(18-12-22)36-29(33)27(31)6-4-2/h9-10,15-16,20,22,24-27H,3-8,11-14,17-19H2,1-2H3/t20?,22?,24?,25?,26?,27-/m1/s1. The topological polar surface area (TPSA) is 61.8 Å². The highest BCUT2D eigenvalue weighted by atomic mass is 19.1. The van der Waals surface area contributed by atoms with Gasteiger partial charge in [0.25, 0.3) is 0 Å². The Bertz CT molecular complexity index is 798. The molecule has 7 heteroatoms. The van der Waals surface area contributed by atoms with E-state index in [-0.39, 0.29) is 25.0 Å². The molecule has 2 saturated carbocycles. The molecular weight excluding hydrogens is 466 g/mol. The lowest BCUT2D eigenvalue weighted by Crippen LogP contribution is -2.30. The van der Waals surface area contributed by atoms with Crippen LogP contribution < -0.4 is 4.74 Å². The van der Waals surface area contributed by atoms with Gasteiger partial charge in [0.05, 0.1) is 6.61 Å². The predicted molar refractivity (Wildman–Crippen MR) is 134 cm³/mol. The number of halogens is 2. The molecule has 0 heterocycles. The van der Waals surface area contributed by atoms with Crippen molar-refractivity contribution in [2.24, 2.45) is 5.92 Å². The van der Waals surface area contributed by atoms with Gasteiger partial charge in [0, 0.05) is 0 Å². The Morgan fingerprint density at radius 3 is 1.72 bits per heavy atom. The number of carbonyl (C=O) groups excluding carboxylic acids is 2. The average molecular weight is 509 g/mol. The summed E-state index contributed by atoms with van der Waals surface area (Å²) in [6.07, 6.45) is 4.96. The summed E-state index contributed by atoms with van der Waals surface area (Å²) in [5.74, 6) is 0.212. The number of carbonyl (C=O) groups is 2. The number of rotatable bonds is 12. The summed E-state index contributed by atoms with van der Waals surface area (Å²) < 4.78 is 44.1. The van der Waals surface area contributed by atoms with Gasteiger partial charge in [0.15, 0.2) is 12.3 Å². The zero-order valence-electron chi connectivity index (χ0n) is 21.8. The van der Waals surface area contributed by atoms with Crippen LogP contribution in [0.1, 0.15) is 102 Å². The molecule has 202 valence electrons. The zero-order chi connectivity index (χ0) is 25.9. The van der Waals surface area contributed by atoms with Crippen molar-refractivity contribution in [3.05, 3.63) is 29.8 Å². The van der Waals surface area contributed by atoms with Crippen molar-refractivity contribution in [2.75, 3.05) is 6.61 Å². The third-order valence-corrected chi connectivity index (χ3v) is 7.47. The molecule has 0 amide bonds. The molecule has 0 saturated heterocycles. The number of hydrogen-bond donors (Lipinski definition) is 0. The van der Waals surface area contributed by atoms with Gasteiger partial charge in [-0.1, -0.05) is 38.8 Å².